The first kappa shape index (κ1) is 29.0. The van der Waals surface area contributed by atoms with Gasteiger partial charge in [-0.2, -0.15) is 0 Å². The molecule has 4 heterocycles. The Morgan fingerprint density at radius 1 is 1.07 bits per heavy atom. The third kappa shape index (κ3) is 6.46. The number of ether oxygens (including phenoxy) is 2. The number of H-pyrrole nitrogens is 1. The number of fused-ring (bicyclic) bond motifs is 1. The second-order valence-corrected chi connectivity index (χ2v) is 11.7. The van der Waals surface area contributed by atoms with Crippen LogP contribution in [0.2, 0.25) is 0 Å². The van der Waals surface area contributed by atoms with E-state index in [1.807, 2.05) is 44.3 Å². The van der Waals surface area contributed by atoms with Crippen molar-refractivity contribution in [1.82, 2.24) is 19.9 Å². The number of likely N-dealkylation sites (tertiary alicyclic amines) is 1. The van der Waals surface area contributed by atoms with E-state index in [1.165, 1.54) is 44.5 Å². The number of methoxy groups -OCH3 is 1. The number of para-hydroxylation sites is 1. The number of carbonyl (C=O) groups is 1. The predicted octanol–water partition coefficient (Wildman–Crippen LogP) is 6.32. The molecular formula is C34H42N6O3. The fourth-order valence-electron chi connectivity index (χ4n) is 6.23. The summed E-state index contributed by atoms with van der Waals surface area (Å²) in [6, 6.07) is 16.5. The van der Waals surface area contributed by atoms with Crippen molar-refractivity contribution in [3.63, 3.8) is 0 Å². The molecule has 9 heteroatoms. The smallest absolute Gasteiger partial charge is 0.340 e. The summed E-state index contributed by atoms with van der Waals surface area (Å²) in [5, 5.41) is 3.38. The van der Waals surface area contributed by atoms with Crippen molar-refractivity contribution in [3.05, 3.63) is 71.7 Å². The molecule has 2 aromatic heterocycles. The molecule has 43 heavy (non-hydrogen) atoms. The summed E-state index contributed by atoms with van der Waals surface area (Å²) >= 11 is 0. The van der Waals surface area contributed by atoms with Crippen LogP contribution in [0.25, 0.3) is 11.0 Å². The van der Waals surface area contributed by atoms with Gasteiger partial charge in [-0.25, -0.2) is 14.8 Å². The maximum atomic E-state index is 12.9. The summed E-state index contributed by atoms with van der Waals surface area (Å²) < 4.78 is 11.5. The Morgan fingerprint density at radius 3 is 2.63 bits per heavy atom. The average molecular weight is 583 g/mol. The Morgan fingerprint density at radius 2 is 1.86 bits per heavy atom. The Balaban J connectivity index is 1.21. The lowest BCUT2D eigenvalue weighted by Gasteiger charge is -2.38. The van der Waals surface area contributed by atoms with E-state index >= 15 is 0 Å². The zero-order valence-electron chi connectivity index (χ0n) is 25.4. The molecule has 0 radical (unpaired) electrons. The van der Waals surface area contributed by atoms with E-state index in [2.05, 4.69) is 38.3 Å². The lowest BCUT2D eigenvalue weighted by molar-refractivity contribution is 0.0335. The SMILES string of the molecule is CCC(C)OC(=O)c1ccccc1Nc1nc(Cc2ccc(N3CCC(N4CCCC4)CC3)cc2OC)nc2cc[nH]c12. The van der Waals surface area contributed by atoms with Crippen LogP contribution in [0.5, 0.6) is 5.75 Å². The van der Waals surface area contributed by atoms with E-state index in [1.54, 1.807) is 13.2 Å². The Labute approximate surface area is 253 Å². The van der Waals surface area contributed by atoms with E-state index in [9.17, 15) is 4.79 Å². The Kier molecular flexibility index (Phi) is 8.79. The number of hydrogen-bond acceptors (Lipinski definition) is 8. The van der Waals surface area contributed by atoms with Gasteiger partial charge in [-0.05, 0) is 76.4 Å². The molecule has 0 bridgehead atoms. The second-order valence-electron chi connectivity index (χ2n) is 11.7. The summed E-state index contributed by atoms with van der Waals surface area (Å²) in [4.78, 5) is 31.0. The van der Waals surface area contributed by atoms with Crippen LogP contribution in [-0.4, -0.2) is 71.3 Å². The molecule has 2 saturated heterocycles. The summed E-state index contributed by atoms with van der Waals surface area (Å²) in [5.41, 5.74) is 4.88. The summed E-state index contributed by atoms with van der Waals surface area (Å²) in [7, 11) is 1.72. The zero-order chi connectivity index (χ0) is 29.8. The molecular weight excluding hydrogens is 540 g/mol. The third-order valence-electron chi connectivity index (χ3n) is 8.84. The van der Waals surface area contributed by atoms with Crippen molar-refractivity contribution in [2.45, 2.75) is 64.5 Å². The number of hydrogen-bond donors (Lipinski definition) is 2. The fourth-order valence-corrected chi connectivity index (χ4v) is 6.23. The molecule has 226 valence electrons. The number of benzene rings is 2. The molecule has 2 aliphatic rings. The molecule has 2 fully saturated rings. The normalized spacial score (nSPS) is 16.9. The molecule has 2 aromatic carbocycles. The molecule has 1 atom stereocenters. The number of carbonyl (C=O) groups excluding carboxylic acids is 1. The first-order valence-electron chi connectivity index (χ1n) is 15.6. The number of esters is 1. The van der Waals surface area contributed by atoms with Gasteiger partial charge in [-0.1, -0.05) is 25.1 Å². The first-order chi connectivity index (χ1) is 21.0. The zero-order valence-corrected chi connectivity index (χ0v) is 25.4. The number of piperidine rings is 1. The Bertz CT molecular complexity index is 1560. The van der Waals surface area contributed by atoms with Gasteiger partial charge in [-0.15, -0.1) is 0 Å². The second kappa shape index (κ2) is 13.0. The largest absolute Gasteiger partial charge is 0.496 e. The van der Waals surface area contributed by atoms with Gasteiger partial charge < -0.3 is 29.6 Å². The van der Waals surface area contributed by atoms with Gasteiger partial charge in [0.15, 0.2) is 5.82 Å². The van der Waals surface area contributed by atoms with Crippen molar-refractivity contribution >= 4 is 34.2 Å². The van der Waals surface area contributed by atoms with Crippen LogP contribution in [0.4, 0.5) is 17.2 Å². The molecule has 9 nitrogen and oxygen atoms in total. The lowest BCUT2D eigenvalue weighted by Crippen LogP contribution is -2.43. The van der Waals surface area contributed by atoms with Crippen molar-refractivity contribution in [2.24, 2.45) is 0 Å². The van der Waals surface area contributed by atoms with Crippen molar-refractivity contribution in [3.8, 4) is 5.75 Å². The molecule has 1 unspecified atom stereocenters. The van der Waals surface area contributed by atoms with Gasteiger partial charge in [-0.3, -0.25) is 0 Å². The maximum Gasteiger partial charge on any atom is 0.340 e. The van der Waals surface area contributed by atoms with Gasteiger partial charge in [0.05, 0.1) is 30.0 Å². The van der Waals surface area contributed by atoms with E-state index < -0.39 is 0 Å². The minimum absolute atomic E-state index is 0.163. The maximum absolute atomic E-state index is 12.9. The molecule has 6 rings (SSSR count). The minimum Gasteiger partial charge on any atom is -0.496 e. The van der Waals surface area contributed by atoms with Crippen molar-refractivity contribution < 1.29 is 14.3 Å². The van der Waals surface area contributed by atoms with Crippen LogP contribution in [-0.2, 0) is 11.2 Å². The lowest BCUT2D eigenvalue weighted by atomic mass is 10.0. The molecule has 0 spiro atoms. The van der Waals surface area contributed by atoms with Crippen molar-refractivity contribution in [1.29, 1.82) is 0 Å². The highest BCUT2D eigenvalue weighted by atomic mass is 16.5. The first-order valence-corrected chi connectivity index (χ1v) is 15.6. The highest BCUT2D eigenvalue weighted by Gasteiger charge is 2.27. The number of nitrogens with one attached hydrogen (secondary N) is 2. The topological polar surface area (TPSA) is 95.6 Å². The third-order valence-corrected chi connectivity index (χ3v) is 8.84. The van der Waals surface area contributed by atoms with E-state index in [0.29, 0.717) is 29.3 Å². The van der Waals surface area contributed by atoms with Gasteiger partial charge in [0.2, 0.25) is 0 Å². The summed E-state index contributed by atoms with van der Waals surface area (Å²) in [6.45, 7) is 8.55. The highest BCUT2D eigenvalue weighted by molar-refractivity contribution is 5.98. The number of rotatable bonds is 10. The van der Waals surface area contributed by atoms with Crippen LogP contribution in [0.1, 0.15) is 67.7 Å². The van der Waals surface area contributed by atoms with Gasteiger partial charge >= 0.3 is 5.97 Å². The number of anilines is 3. The van der Waals surface area contributed by atoms with Gasteiger partial charge in [0.1, 0.15) is 17.1 Å². The monoisotopic (exact) mass is 582 g/mol. The standard InChI is InChI=1S/C34H42N6O3/c1-4-23(2)43-34(41)27-9-5-6-10-28(27)37-33-32-29(13-16-35-32)36-31(38-33)21-24-11-12-26(22-30(24)42-3)40-19-14-25(15-20-40)39-17-7-8-18-39/h5-6,9-13,16,22-23,25,35H,4,7-8,14-15,17-21H2,1-3H3,(H,36,37,38). The van der Waals surface area contributed by atoms with Gasteiger partial charge in [0, 0.05) is 49.1 Å². The molecule has 0 saturated carbocycles. The molecule has 4 aromatic rings. The van der Waals surface area contributed by atoms with Gasteiger partial charge in [0.25, 0.3) is 0 Å². The summed E-state index contributed by atoms with van der Waals surface area (Å²) in [6.07, 6.45) is 8.06. The molecule has 2 aliphatic heterocycles. The molecule has 0 amide bonds. The van der Waals surface area contributed by atoms with Crippen LogP contribution >= 0.6 is 0 Å². The predicted molar refractivity (Wildman–Crippen MR) is 171 cm³/mol. The van der Waals surface area contributed by atoms with Crippen LogP contribution in [0.15, 0.2) is 54.7 Å². The Hall–Kier alpha value is -4.11. The number of aromatic amines is 1. The molecule has 0 aliphatic carbocycles. The van der Waals surface area contributed by atoms with E-state index in [-0.39, 0.29) is 12.1 Å². The van der Waals surface area contributed by atoms with Crippen molar-refractivity contribution in [2.75, 3.05) is 43.5 Å². The van der Waals surface area contributed by atoms with Crippen LogP contribution in [0.3, 0.4) is 0 Å². The quantitative estimate of drug-likeness (QED) is 0.210. The van der Waals surface area contributed by atoms with Crippen LogP contribution < -0.4 is 15.0 Å². The van der Waals surface area contributed by atoms with E-state index in [4.69, 9.17) is 19.4 Å². The minimum atomic E-state index is -0.362. The van der Waals surface area contributed by atoms with Crippen LogP contribution in [0, 0.1) is 0 Å². The fraction of sp³-hybridized carbons (Fsp3) is 0.441. The number of aromatic nitrogens is 3. The van der Waals surface area contributed by atoms with E-state index in [0.717, 1.165) is 47.9 Å². The molecule has 2 N–H and O–H groups in total. The highest BCUT2D eigenvalue weighted by Crippen LogP contribution is 2.32. The average Bonchev–Trinajstić information content (AvgIpc) is 3.75. The summed E-state index contributed by atoms with van der Waals surface area (Å²) in [5.74, 6) is 1.74. The number of nitrogens with zero attached hydrogens (tertiary/aromatic N) is 4.